The molecule has 12 heteroatoms. The maximum atomic E-state index is 11.9. The Morgan fingerprint density at radius 3 is 1.62 bits per heavy atom. The number of carbonyl (C=O) groups is 1. The van der Waals surface area contributed by atoms with Crippen LogP contribution in [0.25, 0.3) is 22.8 Å². The summed E-state index contributed by atoms with van der Waals surface area (Å²) in [5.41, 5.74) is 4.41. The number of rotatable bonds is 7. The lowest BCUT2D eigenvalue weighted by Gasteiger charge is -2.08. The fourth-order valence-electron chi connectivity index (χ4n) is 3.91. The number of aromatic nitrogens is 8. The molecule has 4 aromatic carbocycles. The molecule has 6 aromatic rings. The molecule has 2 aromatic heterocycles. The number of nitrogens with one attached hydrogen (secondary N) is 2. The van der Waals surface area contributed by atoms with Crippen molar-refractivity contribution in [3.63, 3.8) is 0 Å². The Bertz CT molecular complexity index is 1700. The van der Waals surface area contributed by atoms with Crippen LogP contribution in [0, 0.1) is 0 Å². The Morgan fingerprint density at radius 1 is 0.643 bits per heavy atom. The smallest absolute Gasteiger partial charge is 0.323 e. The SMILES string of the molecule is Cn1nnnc1-c1ccc(NC(=O)Nc2ccccc2)cc1.Cn1nnnc1-c1ccc(OCc2ccccc2)cc1. The minimum atomic E-state index is -0.292. The summed E-state index contributed by atoms with van der Waals surface area (Å²) in [6, 6.07) is 34.1. The average molecular weight is 561 g/mol. The molecule has 0 aliphatic rings. The molecule has 12 nitrogen and oxygen atoms in total. The molecule has 2 amide bonds. The van der Waals surface area contributed by atoms with Crippen LogP contribution in [0.3, 0.4) is 0 Å². The molecule has 6 rings (SSSR count). The summed E-state index contributed by atoms with van der Waals surface area (Å²) in [4.78, 5) is 11.9. The van der Waals surface area contributed by atoms with Gasteiger partial charge < -0.3 is 15.4 Å². The van der Waals surface area contributed by atoms with Crippen molar-refractivity contribution in [1.82, 2.24) is 40.4 Å². The van der Waals surface area contributed by atoms with Crippen LogP contribution >= 0.6 is 0 Å². The quantitative estimate of drug-likeness (QED) is 0.279. The van der Waals surface area contributed by atoms with Crippen LogP contribution < -0.4 is 15.4 Å². The predicted octanol–water partition coefficient (Wildman–Crippen LogP) is 4.98. The second-order valence-corrected chi connectivity index (χ2v) is 9.07. The van der Waals surface area contributed by atoms with Crippen molar-refractivity contribution in [2.45, 2.75) is 6.61 Å². The number of hydrogen-bond acceptors (Lipinski definition) is 8. The van der Waals surface area contributed by atoms with Crippen molar-refractivity contribution in [1.29, 1.82) is 0 Å². The van der Waals surface area contributed by atoms with Crippen molar-refractivity contribution in [2.24, 2.45) is 14.1 Å². The maximum Gasteiger partial charge on any atom is 0.323 e. The van der Waals surface area contributed by atoms with Crippen molar-refractivity contribution >= 4 is 17.4 Å². The fourth-order valence-corrected chi connectivity index (χ4v) is 3.91. The van der Waals surface area contributed by atoms with Gasteiger partial charge in [-0.3, -0.25) is 0 Å². The number of nitrogens with zero attached hydrogens (tertiary/aromatic N) is 8. The Kier molecular flexibility index (Phi) is 8.85. The third-order valence-corrected chi connectivity index (χ3v) is 6.03. The Morgan fingerprint density at radius 2 is 1.12 bits per heavy atom. The lowest BCUT2D eigenvalue weighted by atomic mass is 10.2. The van der Waals surface area contributed by atoms with E-state index < -0.39 is 0 Å². The second kappa shape index (κ2) is 13.4. The minimum absolute atomic E-state index is 0.292. The first kappa shape index (κ1) is 27.6. The highest BCUT2D eigenvalue weighted by Gasteiger charge is 2.07. The van der Waals surface area contributed by atoms with Crippen LogP contribution in [-0.4, -0.2) is 46.4 Å². The van der Waals surface area contributed by atoms with E-state index in [1.807, 2.05) is 104 Å². The van der Waals surface area contributed by atoms with E-state index in [-0.39, 0.29) is 6.03 Å². The fraction of sp³-hybridized carbons (Fsp3) is 0.100. The highest BCUT2D eigenvalue weighted by Crippen LogP contribution is 2.21. The molecule has 0 aliphatic carbocycles. The Balaban J connectivity index is 0.000000169. The lowest BCUT2D eigenvalue weighted by molar-refractivity contribution is 0.262. The van der Waals surface area contributed by atoms with Crippen molar-refractivity contribution < 1.29 is 9.53 Å². The van der Waals surface area contributed by atoms with Crippen LogP contribution in [0.4, 0.5) is 16.2 Å². The van der Waals surface area contributed by atoms with Gasteiger partial charge in [0.2, 0.25) is 0 Å². The third-order valence-electron chi connectivity index (χ3n) is 6.03. The molecule has 210 valence electrons. The summed E-state index contributed by atoms with van der Waals surface area (Å²) in [7, 11) is 3.59. The summed E-state index contributed by atoms with van der Waals surface area (Å²) in [5.74, 6) is 2.23. The van der Waals surface area contributed by atoms with E-state index in [0.717, 1.165) is 34.0 Å². The largest absolute Gasteiger partial charge is 0.489 e. The molecule has 2 N–H and O–H groups in total. The zero-order valence-corrected chi connectivity index (χ0v) is 23.0. The average Bonchev–Trinajstić information content (AvgIpc) is 3.66. The van der Waals surface area contributed by atoms with E-state index in [4.69, 9.17) is 4.74 Å². The normalized spacial score (nSPS) is 10.3. The van der Waals surface area contributed by atoms with Gasteiger partial charge in [0.1, 0.15) is 12.4 Å². The molecule has 2 heterocycles. The third kappa shape index (κ3) is 7.39. The van der Waals surface area contributed by atoms with Crippen LogP contribution in [0.2, 0.25) is 0 Å². The van der Waals surface area contributed by atoms with Gasteiger partial charge in [-0.15, -0.1) is 10.2 Å². The summed E-state index contributed by atoms with van der Waals surface area (Å²) in [5, 5.41) is 28.3. The number of urea groups is 1. The van der Waals surface area contributed by atoms with E-state index in [1.165, 1.54) is 0 Å². The molecule has 0 spiro atoms. The van der Waals surface area contributed by atoms with Crippen LogP contribution in [0.15, 0.2) is 109 Å². The van der Waals surface area contributed by atoms with Gasteiger partial charge in [-0.2, -0.15) is 0 Å². The van der Waals surface area contributed by atoms with E-state index in [9.17, 15) is 4.79 Å². The molecular formula is C30H28N10O2. The standard InChI is InChI=1S/C15H14N6O.C15H14N4O/c1-21-14(18-19-20-21)11-7-9-13(10-8-11)17-15(22)16-12-5-3-2-4-6-12;1-19-15(16-17-18-19)13-7-9-14(10-8-13)20-11-12-5-3-2-4-6-12/h2-10H,1H3,(H2,16,17,22);2-10H,11H2,1H3. The number of carbonyl (C=O) groups excluding carboxylic acids is 1. The summed E-state index contributed by atoms with van der Waals surface area (Å²) in [6.45, 7) is 0.561. The molecule has 0 radical (unpaired) electrons. The van der Waals surface area contributed by atoms with Gasteiger partial charge in [0, 0.05) is 36.6 Å². The van der Waals surface area contributed by atoms with Gasteiger partial charge in [0.15, 0.2) is 11.6 Å². The first-order chi connectivity index (χ1) is 20.5. The summed E-state index contributed by atoms with van der Waals surface area (Å²) >= 11 is 0. The molecule has 0 saturated carbocycles. The highest BCUT2D eigenvalue weighted by atomic mass is 16.5. The first-order valence-electron chi connectivity index (χ1n) is 13.0. The van der Waals surface area contributed by atoms with Crippen LogP contribution in [0.1, 0.15) is 5.56 Å². The van der Waals surface area contributed by atoms with Gasteiger partial charge in [0.25, 0.3) is 0 Å². The topological polar surface area (TPSA) is 138 Å². The Hall–Kier alpha value is -5.91. The van der Waals surface area contributed by atoms with Gasteiger partial charge in [-0.25, -0.2) is 14.2 Å². The van der Waals surface area contributed by atoms with E-state index >= 15 is 0 Å². The number of amides is 2. The van der Waals surface area contributed by atoms with Crippen molar-refractivity contribution in [2.75, 3.05) is 10.6 Å². The van der Waals surface area contributed by atoms with Crippen LogP contribution in [0.5, 0.6) is 5.75 Å². The number of aryl methyl sites for hydroxylation is 2. The monoisotopic (exact) mass is 560 g/mol. The van der Waals surface area contributed by atoms with Gasteiger partial charge in [-0.1, -0.05) is 48.5 Å². The molecule has 0 atom stereocenters. The van der Waals surface area contributed by atoms with E-state index in [2.05, 4.69) is 41.7 Å². The first-order valence-corrected chi connectivity index (χ1v) is 13.0. The van der Waals surface area contributed by atoms with Gasteiger partial charge in [-0.05, 0) is 87.1 Å². The maximum absolute atomic E-state index is 11.9. The van der Waals surface area contributed by atoms with Crippen molar-refractivity contribution in [3.8, 4) is 28.5 Å². The minimum Gasteiger partial charge on any atom is -0.489 e. The number of anilines is 2. The number of tetrazole rings is 2. The van der Waals surface area contributed by atoms with Crippen molar-refractivity contribution in [3.05, 3.63) is 115 Å². The Labute approximate surface area is 242 Å². The van der Waals surface area contributed by atoms with Crippen LogP contribution in [-0.2, 0) is 20.7 Å². The molecule has 0 fully saturated rings. The molecule has 0 aliphatic heterocycles. The predicted molar refractivity (Wildman–Crippen MR) is 158 cm³/mol. The van der Waals surface area contributed by atoms with E-state index in [0.29, 0.717) is 18.1 Å². The summed E-state index contributed by atoms with van der Waals surface area (Å²) < 4.78 is 8.96. The molecule has 0 unspecified atom stereocenters. The van der Waals surface area contributed by atoms with Gasteiger partial charge in [0.05, 0.1) is 0 Å². The number of benzene rings is 4. The zero-order valence-electron chi connectivity index (χ0n) is 23.0. The number of ether oxygens (including phenoxy) is 1. The van der Waals surface area contributed by atoms with Gasteiger partial charge >= 0.3 is 6.03 Å². The highest BCUT2D eigenvalue weighted by molar-refractivity contribution is 5.99. The lowest BCUT2D eigenvalue weighted by Crippen LogP contribution is -2.19. The van der Waals surface area contributed by atoms with E-state index in [1.54, 1.807) is 28.5 Å². The summed E-state index contributed by atoms with van der Waals surface area (Å²) in [6.07, 6.45) is 0. The second-order valence-electron chi connectivity index (χ2n) is 9.07. The molecule has 0 bridgehead atoms. The molecule has 42 heavy (non-hydrogen) atoms. The molecule has 0 saturated heterocycles. The molecular weight excluding hydrogens is 532 g/mol. The number of hydrogen-bond donors (Lipinski definition) is 2. The number of para-hydroxylation sites is 1. The zero-order chi connectivity index (χ0) is 29.1.